The summed E-state index contributed by atoms with van der Waals surface area (Å²) in [5.41, 5.74) is 8.91. The summed E-state index contributed by atoms with van der Waals surface area (Å²) < 4.78 is 0. The van der Waals surface area contributed by atoms with Crippen molar-refractivity contribution in [1.82, 2.24) is 4.90 Å². The maximum absolute atomic E-state index is 13.1. The molecule has 0 unspecified atom stereocenters. The Morgan fingerprint density at radius 2 is 1.73 bits per heavy atom. The first-order valence-corrected chi connectivity index (χ1v) is 9.64. The number of nitrogens with zero attached hydrogens (tertiary/aromatic N) is 1. The van der Waals surface area contributed by atoms with E-state index in [9.17, 15) is 4.79 Å². The summed E-state index contributed by atoms with van der Waals surface area (Å²) >= 11 is 5.98. The molecule has 0 atom stereocenters. The molecule has 2 N–H and O–H groups in total. The van der Waals surface area contributed by atoms with E-state index in [-0.39, 0.29) is 5.91 Å². The molecule has 0 spiro atoms. The Bertz CT molecular complexity index is 762. The largest absolute Gasteiger partial charge is 0.342 e. The topological polar surface area (TPSA) is 46.3 Å². The van der Waals surface area contributed by atoms with Crippen LogP contribution < -0.4 is 5.73 Å². The molecule has 0 aliphatic carbocycles. The molecule has 1 aliphatic heterocycles. The summed E-state index contributed by atoms with van der Waals surface area (Å²) in [6, 6.07) is 16.0. The van der Waals surface area contributed by atoms with Crippen molar-refractivity contribution in [1.29, 1.82) is 0 Å². The zero-order chi connectivity index (χ0) is 18.7. The van der Waals surface area contributed by atoms with Crippen LogP contribution in [0, 0.1) is 0 Å². The van der Waals surface area contributed by atoms with Gasteiger partial charge in [0.1, 0.15) is 0 Å². The minimum Gasteiger partial charge on any atom is -0.342 e. The Balaban J connectivity index is 1.69. The molecule has 138 valence electrons. The number of halogens is 1. The van der Waals surface area contributed by atoms with Crippen molar-refractivity contribution < 1.29 is 4.79 Å². The molecule has 3 rings (SSSR count). The molecule has 2 aromatic carbocycles. The predicted molar refractivity (Wildman–Crippen MR) is 107 cm³/mol. The van der Waals surface area contributed by atoms with Crippen LogP contribution >= 0.6 is 11.6 Å². The Hall–Kier alpha value is -1.84. The van der Waals surface area contributed by atoms with Gasteiger partial charge in [0.15, 0.2) is 0 Å². The SMILES string of the molecule is CC(C)(C(=O)N1CCC(c2ccccc2CN)CC1)c1ccc(Cl)cc1. The summed E-state index contributed by atoms with van der Waals surface area (Å²) in [6.07, 6.45) is 1.97. The minimum absolute atomic E-state index is 0.186. The minimum atomic E-state index is -0.549. The van der Waals surface area contributed by atoms with Crippen LogP contribution in [-0.4, -0.2) is 23.9 Å². The third-order valence-corrected chi connectivity index (χ3v) is 5.85. The highest BCUT2D eigenvalue weighted by Crippen LogP contribution is 2.33. The summed E-state index contributed by atoms with van der Waals surface area (Å²) in [5, 5.41) is 0.691. The number of carbonyl (C=O) groups excluding carboxylic acids is 1. The van der Waals surface area contributed by atoms with Crippen molar-refractivity contribution in [3.05, 3.63) is 70.2 Å². The van der Waals surface area contributed by atoms with Crippen LogP contribution in [0.3, 0.4) is 0 Å². The second-order valence-electron chi connectivity index (χ2n) is 7.60. The second-order valence-corrected chi connectivity index (χ2v) is 8.04. The van der Waals surface area contributed by atoms with E-state index in [0.29, 0.717) is 17.5 Å². The highest BCUT2D eigenvalue weighted by atomic mass is 35.5. The van der Waals surface area contributed by atoms with Crippen LogP contribution in [0.4, 0.5) is 0 Å². The van der Waals surface area contributed by atoms with Gasteiger partial charge in [-0.2, -0.15) is 0 Å². The molecule has 3 nitrogen and oxygen atoms in total. The lowest BCUT2D eigenvalue weighted by Gasteiger charge is -2.37. The Morgan fingerprint density at radius 3 is 2.35 bits per heavy atom. The zero-order valence-electron chi connectivity index (χ0n) is 15.5. The smallest absolute Gasteiger partial charge is 0.232 e. The highest BCUT2D eigenvalue weighted by molar-refractivity contribution is 6.30. The van der Waals surface area contributed by atoms with Gasteiger partial charge in [0, 0.05) is 24.7 Å². The summed E-state index contributed by atoms with van der Waals surface area (Å²) in [5.74, 6) is 0.669. The van der Waals surface area contributed by atoms with E-state index in [2.05, 4.69) is 18.2 Å². The molecule has 1 saturated heterocycles. The van der Waals surface area contributed by atoms with Gasteiger partial charge in [-0.3, -0.25) is 4.79 Å². The average molecular weight is 371 g/mol. The van der Waals surface area contributed by atoms with Crippen molar-refractivity contribution in [2.24, 2.45) is 5.73 Å². The maximum atomic E-state index is 13.1. The lowest BCUT2D eigenvalue weighted by atomic mass is 9.81. The summed E-state index contributed by atoms with van der Waals surface area (Å²) in [7, 11) is 0. The molecule has 0 aromatic heterocycles. The van der Waals surface area contributed by atoms with Gasteiger partial charge in [0.05, 0.1) is 5.41 Å². The van der Waals surface area contributed by atoms with Crippen molar-refractivity contribution in [3.63, 3.8) is 0 Å². The lowest BCUT2D eigenvalue weighted by molar-refractivity contribution is -0.137. The number of hydrogen-bond acceptors (Lipinski definition) is 2. The van der Waals surface area contributed by atoms with Crippen LogP contribution in [0.2, 0.25) is 5.02 Å². The van der Waals surface area contributed by atoms with Gasteiger partial charge in [-0.15, -0.1) is 0 Å². The van der Waals surface area contributed by atoms with E-state index in [0.717, 1.165) is 31.5 Å². The van der Waals surface area contributed by atoms with Crippen molar-refractivity contribution in [2.45, 2.75) is 44.6 Å². The highest BCUT2D eigenvalue weighted by Gasteiger charge is 2.35. The number of nitrogens with two attached hydrogens (primary N) is 1. The number of piperidine rings is 1. The van der Waals surface area contributed by atoms with Crippen LogP contribution in [0.5, 0.6) is 0 Å². The van der Waals surface area contributed by atoms with Gasteiger partial charge in [-0.25, -0.2) is 0 Å². The van der Waals surface area contributed by atoms with Crippen LogP contribution in [0.25, 0.3) is 0 Å². The monoisotopic (exact) mass is 370 g/mol. The first-order chi connectivity index (χ1) is 12.4. The third kappa shape index (κ3) is 3.79. The Morgan fingerprint density at radius 1 is 1.12 bits per heavy atom. The van der Waals surface area contributed by atoms with Crippen molar-refractivity contribution in [2.75, 3.05) is 13.1 Å². The summed E-state index contributed by atoms with van der Waals surface area (Å²) in [4.78, 5) is 15.2. The number of hydrogen-bond donors (Lipinski definition) is 1. The lowest BCUT2D eigenvalue weighted by Crippen LogP contribution is -2.46. The Kier molecular flexibility index (Phi) is 5.69. The molecule has 1 aliphatic rings. The maximum Gasteiger partial charge on any atom is 0.232 e. The second kappa shape index (κ2) is 7.81. The first kappa shape index (κ1) is 18.9. The fraction of sp³-hybridized carbons (Fsp3) is 0.409. The molecule has 1 fully saturated rings. The zero-order valence-corrected chi connectivity index (χ0v) is 16.3. The number of carbonyl (C=O) groups is 1. The van der Waals surface area contributed by atoms with Gasteiger partial charge in [-0.05, 0) is 61.4 Å². The first-order valence-electron chi connectivity index (χ1n) is 9.26. The van der Waals surface area contributed by atoms with Gasteiger partial charge in [-0.1, -0.05) is 48.0 Å². The molecular weight excluding hydrogens is 344 g/mol. The quantitative estimate of drug-likeness (QED) is 0.862. The molecule has 26 heavy (non-hydrogen) atoms. The van der Waals surface area contributed by atoms with Crippen LogP contribution in [-0.2, 0) is 16.8 Å². The third-order valence-electron chi connectivity index (χ3n) is 5.60. The molecular formula is C22H27ClN2O. The molecule has 0 bridgehead atoms. The molecule has 2 aromatic rings. The molecule has 0 radical (unpaired) electrons. The average Bonchev–Trinajstić information content (AvgIpc) is 2.68. The van der Waals surface area contributed by atoms with Gasteiger partial charge in [0.25, 0.3) is 0 Å². The number of benzene rings is 2. The predicted octanol–water partition coefficient (Wildman–Crippen LogP) is 4.48. The number of amides is 1. The van der Waals surface area contributed by atoms with E-state index in [4.69, 9.17) is 17.3 Å². The molecule has 0 saturated carbocycles. The van der Waals surface area contributed by atoms with E-state index in [1.807, 2.05) is 49.1 Å². The van der Waals surface area contributed by atoms with Crippen molar-refractivity contribution >= 4 is 17.5 Å². The fourth-order valence-electron chi connectivity index (χ4n) is 3.90. The number of likely N-dealkylation sites (tertiary alicyclic amines) is 1. The molecule has 1 heterocycles. The van der Waals surface area contributed by atoms with E-state index >= 15 is 0 Å². The van der Waals surface area contributed by atoms with Crippen LogP contribution in [0.15, 0.2) is 48.5 Å². The molecule has 4 heteroatoms. The van der Waals surface area contributed by atoms with E-state index in [1.165, 1.54) is 11.1 Å². The standard InChI is InChI=1S/C22H27ClN2O/c1-22(2,18-7-9-19(23)10-8-18)21(26)25-13-11-16(12-14-25)20-6-4-3-5-17(20)15-24/h3-10,16H,11-15,24H2,1-2H3. The Labute approximate surface area is 161 Å². The van der Waals surface area contributed by atoms with Gasteiger partial charge >= 0.3 is 0 Å². The van der Waals surface area contributed by atoms with Crippen LogP contribution in [0.1, 0.15) is 49.3 Å². The molecule has 1 amide bonds. The van der Waals surface area contributed by atoms with Crippen molar-refractivity contribution in [3.8, 4) is 0 Å². The van der Waals surface area contributed by atoms with Gasteiger partial charge in [0.2, 0.25) is 5.91 Å². The van der Waals surface area contributed by atoms with E-state index in [1.54, 1.807) is 0 Å². The van der Waals surface area contributed by atoms with Gasteiger partial charge < -0.3 is 10.6 Å². The fourth-order valence-corrected chi connectivity index (χ4v) is 4.02. The normalized spacial score (nSPS) is 15.9. The summed E-state index contributed by atoms with van der Waals surface area (Å²) in [6.45, 7) is 6.14. The number of rotatable bonds is 4. The van der Waals surface area contributed by atoms with E-state index < -0.39 is 5.41 Å².